The average molecular weight is 390 g/mol. The number of carbonyl (C=O) groups excluding carboxylic acids is 3. The normalized spacial score (nSPS) is 18.3. The molecule has 0 spiro atoms. The summed E-state index contributed by atoms with van der Waals surface area (Å²) in [4.78, 5) is 35.9. The Labute approximate surface area is 158 Å². The van der Waals surface area contributed by atoms with E-state index in [1.165, 1.54) is 19.1 Å². The highest BCUT2D eigenvalue weighted by atomic mass is 19.4. The maximum absolute atomic E-state index is 12.6. The van der Waals surface area contributed by atoms with Gasteiger partial charge >= 0.3 is 6.18 Å². The Morgan fingerprint density at radius 2 is 1.46 bits per heavy atom. The fourth-order valence-electron chi connectivity index (χ4n) is 2.80. The van der Waals surface area contributed by atoms with Crippen molar-refractivity contribution in [3.63, 3.8) is 0 Å². The van der Waals surface area contributed by atoms with Gasteiger partial charge in [0.15, 0.2) is 5.78 Å². The van der Waals surface area contributed by atoms with Crippen LogP contribution in [0.5, 0.6) is 0 Å². The number of anilines is 2. The number of benzene rings is 2. The lowest BCUT2D eigenvalue weighted by atomic mass is 10.1. The third-order valence-electron chi connectivity index (χ3n) is 4.48. The minimum atomic E-state index is -4.44. The van der Waals surface area contributed by atoms with Crippen LogP contribution in [0.4, 0.5) is 24.5 Å². The number of nitrogens with one attached hydrogen (secondary N) is 2. The third kappa shape index (κ3) is 4.57. The van der Waals surface area contributed by atoms with Crippen molar-refractivity contribution in [1.82, 2.24) is 0 Å². The largest absolute Gasteiger partial charge is 0.416 e. The summed E-state index contributed by atoms with van der Waals surface area (Å²) in [5, 5.41) is 5.20. The van der Waals surface area contributed by atoms with Gasteiger partial charge in [0.25, 0.3) is 0 Å². The number of amides is 2. The number of halogens is 3. The summed E-state index contributed by atoms with van der Waals surface area (Å²) in [5.41, 5.74) is 0.358. The molecule has 2 amide bonds. The zero-order chi connectivity index (χ0) is 20.5. The van der Waals surface area contributed by atoms with Crippen LogP contribution >= 0.6 is 0 Å². The van der Waals surface area contributed by atoms with Crippen LogP contribution in [0, 0.1) is 11.8 Å². The first-order valence-electron chi connectivity index (χ1n) is 8.55. The molecule has 1 aliphatic rings. The second kappa shape index (κ2) is 7.46. The van der Waals surface area contributed by atoms with Crippen LogP contribution in [0.25, 0.3) is 0 Å². The molecule has 2 aromatic rings. The van der Waals surface area contributed by atoms with Gasteiger partial charge in [0.05, 0.1) is 17.4 Å². The van der Waals surface area contributed by atoms with Crippen LogP contribution in [-0.2, 0) is 15.8 Å². The maximum Gasteiger partial charge on any atom is 0.416 e. The smallest absolute Gasteiger partial charge is 0.326 e. The quantitative estimate of drug-likeness (QED) is 0.754. The first-order valence-corrected chi connectivity index (χ1v) is 8.55. The van der Waals surface area contributed by atoms with Gasteiger partial charge in [0, 0.05) is 16.9 Å². The minimum Gasteiger partial charge on any atom is -0.326 e. The van der Waals surface area contributed by atoms with Gasteiger partial charge in [-0.05, 0) is 49.7 Å². The standard InChI is InChI=1S/C20H17F3N2O3/c1-11(26)12-3-2-4-15(9-12)25-19(28)17-10-16(17)18(27)24-14-7-5-13(6-8-14)20(21,22)23/h2-9,16-17H,10H2,1H3,(H,24,27)(H,25,28). The fourth-order valence-corrected chi connectivity index (χ4v) is 2.80. The zero-order valence-corrected chi connectivity index (χ0v) is 14.8. The van der Waals surface area contributed by atoms with Crippen LogP contribution < -0.4 is 10.6 Å². The number of carbonyl (C=O) groups is 3. The number of ketones is 1. The monoisotopic (exact) mass is 390 g/mol. The molecule has 0 saturated heterocycles. The molecule has 146 valence electrons. The number of rotatable bonds is 5. The van der Waals surface area contributed by atoms with Crippen molar-refractivity contribution in [3.8, 4) is 0 Å². The first-order chi connectivity index (χ1) is 13.1. The van der Waals surface area contributed by atoms with E-state index in [-0.39, 0.29) is 17.4 Å². The van der Waals surface area contributed by atoms with Gasteiger partial charge in [0.2, 0.25) is 11.8 Å². The molecule has 0 radical (unpaired) electrons. The molecule has 1 fully saturated rings. The van der Waals surface area contributed by atoms with Gasteiger partial charge in [0.1, 0.15) is 0 Å². The van der Waals surface area contributed by atoms with E-state index in [2.05, 4.69) is 10.6 Å². The van der Waals surface area contributed by atoms with Crippen LogP contribution in [0.15, 0.2) is 48.5 Å². The lowest BCUT2D eigenvalue weighted by molar-refractivity contribution is -0.137. The van der Waals surface area contributed by atoms with Gasteiger partial charge in [-0.2, -0.15) is 13.2 Å². The minimum absolute atomic E-state index is 0.128. The molecule has 0 bridgehead atoms. The summed E-state index contributed by atoms with van der Waals surface area (Å²) < 4.78 is 37.7. The van der Waals surface area contributed by atoms with Crippen LogP contribution in [0.1, 0.15) is 29.3 Å². The number of hydrogen-bond acceptors (Lipinski definition) is 3. The lowest BCUT2D eigenvalue weighted by Crippen LogP contribution is -2.20. The van der Waals surface area contributed by atoms with E-state index in [4.69, 9.17) is 0 Å². The van der Waals surface area contributed by atoms with Crippen molar-refractivity contribution < 1.29 is 27.6 Å². The number of Topliss-reactive ketones (excluding diaryl/α,β-unsaturated/α-hetero) is 1. The third-order valence-corrected chi connectivity index (χ3v) is 4.48. The Morgan fingerprint density at radius 1 is 0.893 bits per heavy atom. The molecule has 5 nitrogen and oxygen atoms in total. The Hall–Kier alpha value is -3.16. The van der Waals surface area contributed by atoms with Crippen molar-refractivity contribution in [2.75, 3.05) is 10.6 Å². The molecule has 0 heterocycles. The second-order valence-corrected chi connectivity index (χ2v) is 6.64. The molecular formula is C20H17F3N2O3. The summed E-state index contributed by atoms with van der Waals surface area (Å²) in [6, 6.07) is 10.6. The van der Waals surface area contributed by atoms with Gasteiger partial charge in [-0.15, -0.1) is 0 Å². The number of alkyl halides is 3. The Bertz CT molecular complexity index is 923. The molecule has 28 heavy (non-hydrogen) atoms. The van der Waals surface area contributed by atoms with Crippen LogP contribution in [-0.4, -0.2) is 17.6 Å². The van der Waals surface area contributed by atoms with E-state index in [9.17, 15) is 27.6 Å². The van der Waals surface area contributed by atoms with Crippen LogP contribution in [0.2, 0.25) is 0 Å². The molecule has 2 atom stereocenters. The Kier molecular flexibility index (Phi) is 5.22. The molecular weight excluding hydrogens is 373 g/mol. The molecule has 3 rings (SSSR count). The van der Waals surface area contributed by atoms with Crippen molar-refractivity contribution in [3.05, 3.63) is 59.7 Å². The molecule has 2 N–H and O–H groups in total. The van der Waals surface area contributed by atoms with E-state index < -0.39 is 29.5 Å². The Balaban J connectivity index is 1.56. The van der Waals surface area contributed by atoms with Crippen molar-refractivity contribution >= 4 is 29.0 Å². The first kappa shape index (κ1) is 19.6. The van der Waals surface area contributed by atoms with Gasteiger partial charge in [-0.1, -0.05) is 12.1 Å². The van der Waals surface area contributed by atoms with Gasteiger partial charge in [-0.3, -0.25) is 14.4 Å². The van der Waals surface area contributed by atoms with Gasteiger partial charge < -0.3 is 10.6 Å². The summed E-state index contributed by atoms with van der Waals surface area (Å²) in [5.74, 6) is -1.95. The molecule has 0 aromatic heterocycles. The maximum atomic E-state index is 12.6. The molecule has 1 aliphatic carbocycles. The summed E-state index contributed by atoms with van der Waals surface area (Å²) in [6.07, 6.45) is -4.09. The number of hydrogen-bond donors (Lipinski definition) is 2. The van der Waals surface area contributed by atoms with Crippen molar-refractivity contribution in [1.29, 1.82) is 0 Å². The van der Waals surface area contributed by atoms with E-state index >= 15 is 0 Å². The SMILES string of the molecule is CC(=O)c1cccc(NC(=O)C2CC2C(=O)Nc2ccc(C(F)(F)F)cc2)c1. The molecule has 2 aromatic carbocycles. The van der Waals surface area contributed by atoms with Crippen molar-refractivity contribution in [2.24, 2.45) is 11.8 Å². The highest BCUT2D eigenvalue weighted by molar-refractivity contribution is 6.04. The predicted octanol–water partition coefficient (Wildman–Crippen LogP) is 4.12. The average Bonchev–Trinajstić information content (AvgIpc) is 3.42. The summed E-state index contributed by atoms with van der Waals surface area (Å²) in [7, 11) is 0. The Morgan fingerprint density at radius 3 is 2.00 bits per heavy atom. The summed E-state index contributed by atoms with van der Waals surface area (Å²) in [6.45, 7) is 1.42. The predicted molar refractivity (Wildman–Crippen MR) is 96.7 cm³/mol. The second-order valence-electron chi connectivity index (χ2n) is 6.64. The molecule has 0 aliphatic heterocycles. The lowest BCUT2D eigenvalue weighted by Gasteiger charge is -2.09. The van der Waals surface area contributed by atoms with Crippen molar-refractivity contribution in [2.45, 2.75) is 19.5 Å². The van der Waals surface area contributed by atoms with E-state index in [1.807, 2.05) is 0 Å². The zero-order valence-electron chi connectivity index (χ0n) is 14.8. The molecule has 8 heteroatoms. The molecule has 1 saturated carbocycles. The highest BCUT2D eigenvalue weighted by Gasteiger charge is 2.48. The van der Waals surface area contributed by atoms with Crippen LogP contribution in [0.3, 0.4) is 0 Å². The molecule has 2 unspecified atom stereocenters. The van der Waals surface area contributed by atoms with E-state index in [1.54, 1.807) is 24.3 Å². The summed E-state index contributed by atoms with van der Waals surface area (Å²) >= 11 is 0. The van der Waals surface area contributed by atoms with Gasteiger partial charge in [-0.25, -0.2) is 0 Å². The van der Waals surface area contributed by atoms with E-state index in [0.29, 0.717) is 17.7 Å². The fraction of sp³-hybridized carbons (Fsp3) is 0.250. The highest BCUT2D eigenvalue weighted by Crippen LogP contribution is 2.40. The topological polar surface area (TPSA) is 75.3 Å². The van der Waals surface area contributed by atoms with E-state index in [0.717, 1.165) is 12.1 Å².